The van der Waals surface area contributed by atoms with E-state index in [0.717, 1.165) is 11.1 Å². The molecule has 0 saturated heterocycles. The zero-order valence-corrected chi connectivity index (χ0v) is 11.1. The quantitative estimate of drug-likeness (QED) is 0.796. The van der Waals surface area contributed by atoms with Gasteiger partial charge in [-0.25, -0.2) is 9.78 Å². The molecule has 0 fully saturated rings. The molecule has 3 rings (SSSR count). The van der Waals surface area contributed by atoms with Crippen LogP contribution in [0.15, 0.2) is 54.9 Å². The first-order valence-corrected chi connectivity index (χ1v) is 6.39. The molecule has 6 heteroatoms. The van der Waals surface area contributed by atoms with Crippen LogP contribution in [0.4, 0.5) is 4.79 Å². The smallest absolute Gasteiger partial charge is 0.391 e. The highest BCUT2D eigenvalue weighted by atomic mass is 16.6. The van der Waals surface area contributed by atoms with E-state index in [1.54, 1.807) is 24.5 Å². The predicted octanol–water partition coefficient (Wildman–Crippen LogP) is 2.31. The van der Waals surface area contributed by atoms with Crippen molar-refractivity contribution < 1.29 is 9.53 Å². The Morgan fingerprint density at radius 3 is 2.81 bits per heavy atom. The summed E-state index contributed by atoms with van der Waals surface area (Å²) in [7, 11) is 0. The summed E-state index contributed by atoms with van der Waals surface area (Å²) < 4.78 is 5.12. The molecule has 1 amide bonds. The van der Waals surface area contributed by atoms with E-state index in [2.05, 4.69) is 20.3 Å². The maximum absolute atomic E-state index is 11.7. The van der Waals surface area contributed by atoms with Crippen molar-refractivity contribution >= 4 is 17.1 Å². The number of carbonyl (C=O) groups is 1. The van der Waals surface area contributed by atoms with Gasteiger partial charge in [-0.05, 0) is 30.3 Å². The number of pyridine rings is 3. The molecule has 0 spiro atoms. The Morgan fingerprint density at radius 2 is 1.95 bits per heavy atom. The SMILES string of the molecule is O=C(NCc1ccccn1)Oc1ccc2cccnc2n1. The molecule has 0 radical (unpaired) electrons. The van der Waals surface area contributed by atoms with Crippen molar-refractivity contribution in [1.29, 1.82) is 0 Å². The highest BCUT2D eigenvalue weighted by Gasteiger charge is 2.06. The molecule has 0 atom stereocenters. The third kappa shape index (κ3) is 3.30. The molecule has 21 heavy (non-hydrogen) atoms. The highest BCUT2D eigenvalue weighted by molar-refractivity contribution is 5.76. The molecule has 6 nitrogen and oxygen atoms in total. The Labute approximate surface area is 120 Å². The van der Waals surface area contributed by atoms with Gasteiger partial charge < -0.3 is 10.1 Å². The van der Waals surface area contributed by atoms with Gasteiger partial charge >= 0.3 is 6.09 Å². The largest absolute Gasteiger partial charge is 0.414 e. The first kappa shape index (κ1) is 13.0. The summed E-state index contributed by atoms with van der Waals surface area (Å²) in [4.78, 5) is 24.1. The van der Waals surface area contributed by atoms with Gasteiger partial charge in [0.2, 0.25) is 5.88 Å². The van der Waals surface area contributed by atoms with Crippen molar-refractivity contribution in [3.05, 3.63) is 60.6 Å². The normalized spacial score (nSPS) is 10.3. The lowest BCUT2D eigenvalue weighted by Crippen LogP contribution is -2.26. The summed E-state index contributed by atoms with van der Waals surface area (Å²) in [5.41, 5.74) is 1.29. The maximum Gasteiger partial charge on any atom is 0.414 e. The second-order valence-corrected chi connectivity index (χ2v) is 4.26. The summed E-state index contributed by atoms with van der Waals surface area (Å²) >= 11 is 0. The van der Waals surface area contributed by atoms with Crippen LogP contribution < -0.4 is 10.1 Å². The van der Waals surface area contributed by atoms with Gasteiger partial charge in [-0.1, -0.05) is 6.07 Å². The van der Waals surface area contributed by atoms with Crippen LogP contribution in [0, 0.1) is 0 Å². The number of amides is 1. The fourth-order valence-corrected chi connectivity index (χ4v) is 1.79. The van der Waals surface area contributed by atoms with E-state index in [1.807, 2.05) is 30.3 Å². The van der Waals surface area contributed by atoms with Gasteiger partial charge in [0.25, 0.3) is 0 Å². The number of nitrogens with one attached hydrogen (secondary N) is 1. The van der Waals surface area contributed by atoms with Gasteiger partial charge in [-0.15, -0.1) is 0 Å². The topological polar surface area (TPSA) is 77.0 Å². The molecule has 0 unspecified atom stereocenters. The Morgan fingerprint density at radius 1 is 1.05 bits per heavy atom. The van der Waals surface area contributed by atoms with Crippen LogP contribution in [0.3, 0.4) is 0 Å². The summed E-state index contributed by atoms with van der Waals surface area (Å²) in [5, 5.41) is 3.50. The van der Waals surface area contributed by atoms with Crippen molar-refractivity contribution in [1.82, 2.24) is 20.3 Å². The van der Waals surface area contributed by atoms with E-state index >= 15 is 0 Å². The number of ether oxygens (including phenoxy) is 1. The minimum Gasteiger partial charge on any atom is -0.391 e. The average molecular weight is 280 g/mol. The van der Waals surface area contributed by atoms with Gasteiger partial charge in [0.15, 0.2) is 5.65 Å². The number of aromatic nitrogens is 3. The third-order valence-electron chi connectivity index (χ3n) is 2.78. The van der Waals surface area contributed by atoms with Crippen molar-refractivity contribution in [2.24, 2.45) is 0 Å². The molecule has 104 valence electrons. The number of fused-ring (bicyclic) bond motifs is 1. The predicted molar refractivity (Wildman–Crippen MR) is 76.6 cm³/mol. The second-order valence-electron chi connectivity index (χ2n) is 4.26. The molecule has 3 aromatic rings. The molecule has 0 aliphatic heterocycles. The lowest BCUT2D eigenvalue weighted by molar-refractivity contribution is 0.198. The molecule has 0 aliphatic carbocycles. The fourth-order valence-electron chi connectivity index (χ4n) is 1.79. The minimum absolute atomic E-state index is 0.208. The Bertz CT molecular complexity index is 762. The lowest BCUT2D eigenvalue weighted by Gasteiger charge is -2.06. The monoisotopic (exact) mass is 280 g/mol. The number of hydrogen-bond donors (Lipinski definition) is 1. The van der Waals surface area contributed by atoms with Gasteiger partial charge in [0.05, 0.1) is 12.2 Å². The summed E-state index contributed by atoms with van der Waals surface area (Å²) in [5.74, 6) is 0.208. The molecular formula is C15H12N4O2. The second kappa shape index (κ2) is 5.96. The number of nitrogens with zero attached hydrogens (tertiary/aromatic N) is 3. The summed E-state index contributed by atoms with van der Waals surface area (Å²) in [6.07, 6.45) is 2.72. The number of rotatable bonds is 3. The van der Waals surface area contributed by atoms with Crippen LogP contribution >= 0.6 is 0 Å². The molecule has 0 aromatic carbocycles. The summed E-state index contributed by atoms with van der Waals surface area (Å²) in [6, 6.07) is 12.6. The van der Waals surface area contributed by atoms with Crippen molar-refractivity contribution in [3.63, 3.8) is 0 Å². The summed E-state index contributed by atoms with van der Waals surface area (Å²) in [6.45, 7) is 0.297. The van der Waals surface area contributed by atoms with Gasteiger partial charge in [0.1, 0.15) is 0 Å². The van der Waals surface area contributed by atoms with E-state index in [-0.39, 0.29) is 5.88 Å². The fraction of sp³-hybridized carbons (Fsp3) is 0.0667. The van der Waals surface area contributed by atoms with Crippen LogP contribution in [-0.2, 0) is 6.54 Å². The standard InChI is InChI=1S/C15H12N4O2/c20-15(18-10-12-5-1-2-8-16-12)21-13-7-6-11-4-3-9-17-14(11)19-13/h1-9H,10H2,(H,18,20). The molecule has 3 heterocycles. The maximum atomic E-state index is 11.7. The molecule has 0 saturated carbocycles. The molecule has 0 bridgehead atoms. The van der Waals surface area contributed by atoms with E-state index < -0.39 is 6.09 Å². The minimum atomic E-state index is -0.580. The Kier molecular flexibility index (Phi) is 3.68. The average Bonchev–Trinajstić information content (AvgIpc) is 2.54. The highest BCUT2D eigenvalue weighted by Crippen LogP contribution is 2.14. The molecule has 0 aliphatic rings. The Hall–Kier alpha value is -3.02. The van der Waals surface area contributed by atoms with Gasteiger partial charge in [0, 0.05) is 23.8 Å². The molecule has 1 N–H and O–H groups in total. The van der Waals surface area contributed by atoms with E-state index in [0.29, 0.717) is 12.2 Å². The van der Waals surface area contributed by atoms with E-state index in [4.69, 9.17) is 4.74 Å². The first-order chi connectivity index (χ1) is 10.3. The van der Waals surface area contributed by atoms with Crippen LogP contribution in [-0.4, -0.2) is 21.0 Å². The van der Waals surface area contributed by atoms with Gasteiger partial charge in [-0.3, -0.25) is 4.98 Å². The van der Waals surface area contributed by atoms with Crippen LogP contribution in [0.1, 0.15) is 5.69 Å². The van der Waals surface area contributed by atoms with Crippen LogP contribution in [0.25, 0.3) is 11.0 Å². The number of carbonyl (C=O) groups excluding carboxylic acids is 1. The third-order valence-corrected chi connectivity index (χ3v) is 2.78. The van der Waals surface area contributed by atoms with Crippen molar-refractivity contribution in [3.8, 4) is 5.88 Å². The Balaban J connectivity index is 1.63. The molecular weight excluding hydrogens is 268 g/mol. The first-order valence-electron chi connectivity index (χ1n) is 6.39. The lowest BCUT2D eigenvalue weighted by atomic mass is 10.3. The van der Waals surface area contributed by atoms with Gasteiger partial charge in [-0.2, -0.15) is 4.98 Å². The molecule has 3 aromatic heterocycles. The van der Waals surface area contributed by atoms with E-state index in [9.17, 15) is 4.79 Å². The van der Waals surface area contributed by atoms with Crippen LogP contribution in [0.5, 0.6) is 5.88 Å². The zero-order chi connectivity index (χ0) is 14.5. The van der Waals surface area contributed by atoms with Crippen molar-refractivity contribution in [2.75, 3.05) is 0 Å². The van der Waals surface area contributed by atoms with E-state index in [1.165, 1.54) is 0 Å². The zero-order valence-electron chi connectivity index (χ0n) is 11.1. The van der Waals surface area contributed by atoms with Crippen molar-refractivity contribution in [2.45, 2.75) is 6.54 Å². The number of hydrogen-bond acceptors (Lipinski definition) is 5. The van der Waals surface area contributed by atoms with Crippen LogP contribution in [0.2, 0.25) is 0 Å².